The third-order valence-electron chi connectivity index (χ3n) is 8.64. The Balaban J connectivity index is 1.18. The molecule has 3 heterocycles. The fraction of sp³-hybridized carbons (Fsp3) is 0.630. The molecule has 10 nitrogen and oxygen atoms in total. The van der Waals surface area contributed by atoms with Gasteiger partial charge in [0.2, 0.25) is 11.8 Å². The monoisotopic (exact) mass is 565 g/mol. The molecule has 3 aliphatic rings. The van der Waals surface area contributed by atoms with Crippen molar-refractivity contribution in [2.45, 2.75) is 74.5 Å². The number of rotatable bonds is 8. The molecule has 1 aliphatic heterocycles. The molecule has 1 spiro atoms. The minimum atomic E-state index is -3.36. The van der Waals surface area contributed by atoms with Crippen molar-refractivity contribution in [1.82, 2.24) is 25.4 Å². The number of pyridine rings is 1. The van der Waals surface area contributed by atoms with Gasteiger partial charge in [-0.05, 0) is 57.4 Å². The Kier molecular flexibility index (Phi) is 7.55. The van der Waals surface area contributed by atoms with Gasteiger partial charge in [0.25, 0.3) is 11.8 Å². The van der Waals surface area contributed by atoms with Crippen molar-refractivity contribution in [3.63, 3.8) is 0 Å². The molecule has 2 amide bonds. The lowest BCUT2D eigenvalue weighted by Gasteiger charge is -2.42. The summed E-state index contributed by atoms with van der Waals surface area (Å²) in [7, 11) is 2.59. The van der Waals surface area contributed by atoms with Gasteiger partial charge in [-0.15, -0.1) is 0 Å². The Morgan fingerprint density at radius 3 is 2.58 bits per heavy atom. The number of methoxy groups -OCH3 is 2. The van der Waals surface area contributed by atoms with Gasteiger partial charge in [-0.2, -0.15) is 5.10 Å². The zero-order valence-electron chi connectivity index (χ0n) is 22.5. The molecule has 1 saturated heterocycles. The topological polar surface area (TPSA) is 130 Å². The number of nitrogens with one attached hydrogen (secondary N) is 2. The van der Waals surface area contributed by atoms with Crippen LogP contribution in [0.15, 0.2) is 18.3 Å². The highest BCUT2D eigenvalue weighted by Crippen LogP contribution is 2.50. The Labute approximate surface area is 229 Å². The van der Waals surface area contributed by atoms with Crippen LogP contribution in [0, 0.1) is 11.7 Å². The van der Waals surface area contributed by atoms with E-state index >= 15 is 0 Å². The predicted octanol–water partition coefficient (Wildman–Crippen LogP) is 3.08. The van der Waals surface area contributed by atoms with Crippen molar-refractivity contribution in [2.75, 3.05) is 27.4 Å². The van der Waals surface area contributed by atoms with Crippen LogP contribution in [0.3, 0.4) is 0 Å². The summed E-state index contributed by atoms with van der Waals surface area (Å²) in [6, 6.07) is 2.62. The molecule has 218 valence electrons. The molecule has 3 fully saturated rings. The largest absolute Gasteiger partial charge is 0.481 e. The second-order valence-electron chi connectivity index (χ2n) is 11.2. The average molecular weight is 566 g/mol. The molecule has 2 aliphatic carbocycles. The zero-order valence-corrected chi connectivity index (χ0v) is 22.5. The SMILES string of the molecule is COCC(F)(F)[C@]1(O)CC[C@H](NC(=O)[C@@H]2CCN(C(=O)c3cc(-c4cc(OC)ncc4F)[nH]n3)C3(CC3)C2)CC1. The number of ether oxygens (including phenoxy) is 2. The Morgan fingerprint density at radius 1 is 1.20 bits per heavy atom. The first-order valence-electron chi connectivity index (χ1n) is 13.5. The standard InChI is InChI=1S/C27H34F3N5O5/c1-39-15-27(29,30)26(38)6-3-17(4-7-26)32-23(36)16-5-10-35(25(13-16)8-9-25)24(37)21-12-20(33-34-21)18-11-22(40-2)31-14-19(18)28/h11-12,14,16-17,38H,3-10,13,15H2,1-2H3,(H,32,36)(H,33,34)/t16-,17-,26-/m1/s1. The van der Waals surface area contributed by atoms with Crippen LogP contribution < -0.4 is 10.1 Å². The first-order chi connectivity index (χ1) is 19.0. The van der Waals surface area contributed by atoms with Crippen LogP contribution in [0.1, 0.15) is 61.9 Å². The van der Waals surface area contributed by atoms with Crippen molar-refractivity contribution in [2.24, 2.45) is 5.92 Å². The van der Waals surface area contributed by atoms with E-state index < -0.39 is 29.5 Å². The van der Waals surface area contributed by atoms with E-state index in [0.29, 0.717) is 25.1 Å². The number of H-pyrrole nitrogens is 1. The number of alkyl halides is 2. The highest BCUT2D eigenvalue weighted by atomic mass is 19.3. The van der Waals surface area contributed by atoms with Crippen molar-refractivity contribution in [3.05, 3.63) is 29.8 Å². The van der Waals surface area contributed by atoms with Crippen LogP contribution in [0.25, 0.3) is 11.3 Å². The highest BCUT2D eigenvalue weighted by Gasteiger charge is 2.56. The lowest BCUT2D eigenvalue weighted by Crippen LogP contribution is -2.56. The highest BCUT2D eigenvalue weighted by molar-refractivity contribution is 5.94. The van der Waals surface area contributed by atoms with E-state index in [0.717, 1.165) is 19.0 Å². The molecular formula is C27H34F3N5O5. The van der Waals surface area contributed by atoms with E-state index in [9.17, 15) is 27.9 Å². The molecule has 40 heavy (non-hydrogen) atoms. The number of halogens is 3. The Hall–Kier alpha value is -3.19. The van der Waals surface area contributed by atoms with Gasteiger partial charge in [-0.3, -0.25) is 14.7 Å². The summed E-state index contributed by atoms with van der Waals surface area (Å²) in [5.74, 6) is -4.46. The summed E-state index contributed by atoms with van der Waals surface area (Å²) in [4.78, 5) is 32.1. The maximum atomic E-state index is 14.3. The van der Waals surface area contributed by atoms with E-state index in [4.69, 9.17) is 4.74 Å². The Bertz CT molecular complexity index is 1260. The van der Waals surface area contributed by atoms with Crippen LogP contribution in [-0.2, 0) is 9.53 Å². The molecule has 3 N–H and O–H groups in total. The number of piperidine rings is 1. The fourth-order valence-corrected chi connectivity index (χ4v) is 6.04. The molecule has 0 aromatic carbocycles. The number of amides is 2. The number of carbonyl (C=O) groups is 2. The number of aromatic amines is 1. The lowest BCUT2D eigenvalue weighted by atomic mass is 9.78. The van der Waals surface area contributed by atoms with Crippen LogP contribution in [-0.4, -0.2) is 87.5 Å². The zero-order chi connectivity index (χ0) is 28.7. The lowest BCUT2D eigenvalue weighted by molar-refractivity contribution is -0.218. The van der Waals surface area contributed by atoms with Gasteiger partial charge >= 0.3 is 0 Å². The first kappa shape index (κ1) is 28.3. The van der Waals surface area contributed by atoms with E-state index in [1.807, 2.05) is 0 Å². The summed E-state index contributed by atoms with van der Waals surface area (Å²) in [6.07, 6.45) is 3.75. The summed E-state index contributed by atoms with van der Waals surface area (Å²) in [5, 5.41) is 20.3. The molecule has 13 heteroatoms. The summed E-state index contributed by atoms with van der Waals surface area (Å²) >= 11 is 0. The van der Waals surface area contributed by atoms with Crippen molar-refractivity contribution < 1.29 is 37.3 Å². The average Bonchev–Trinajstić information content (AvgIpc) is 3.50. The maximum absolute atomic E-state index is 14.3. The van der Waals surface area contributed by atoms with Crippen LogP contribution in [0.2, 0.25) is 0 Å². The number of nitrogens with zero attached hydrogens (tertiary/aromatic N) is 3. The van der Waals surface area contributed by atoms with E-state index in [2.05, 4.69) is 25.2 Å². The molecular weight excluding hydrogens is 531 g/mol. The Morgan fingerprint density at radius 2 is 1.93 bits per heavy atom. The van der Waals surface area contributed by atoms with Crippen molar-refractivity contribution >= 4 is 11.8 Å². The number of hydrogen-bond acceptors (Lipinski definition) is 7. The van der Waals surface area contributed by atoms with Crippen LogP contribution in [0.4, 0.5) is 13.2 Å². The molecule has 2 aromatic rings. The molecule has 0 bridgehead atoms. The molecule has 0 radical (unpaired) electrons. The van der Waals surface area contributed by atoms with Gasteiger partial charge in [0, 0.05) is 42.8 Å². The van der Waals surface area contributed by atoms with Crippen LogP contribution >= 0.6 is 0 Å². The number of aliphatic hydroxyl groups is 1. The summed E-state index contributed by atoms with van der Waals surface area (Å²) in [6.45, 7) is -0.487. The normalized spacial score (nSPS) is 26.0. The van der Waals surface area contributed by atoms with Crippen LogP contribution in [0.5, 0.6) is 5.88 Å². The van der Waals surface area contributed by atoms with Gasteiger partial charge in [-0.25, -0.2) is 18.2 Å². The van der Waals surface area contributed by atoms with Gasteiger partial charge in [0.1, 0.15) is 12.2 Å². The second-order valence-corrected chi connectivity index (χ2v) is 11.2. The van der Waals surface area contributed by atoms with E-state index in [-0.39, 0.29) is 66.6 Å². The minimum absolute atomic E-state index is 0.132. The van der Waals surface area contributed by atoms with Crippen molar-refractivity contribution in [3.8, 4) is 17.1 Å². The first-order valence-corrected chi connectivity index (χ1v) is 13.5. The number of likely N-dealkylation sites (tertiary alicyclic amines) is 1. The van der Waals surface area contributed by atoms with Crippen molar-refractivity contribution in [1.29, 1.82) is 0 Å². The molecule has 2 aromatic heterocycles. The molecule has 1 atom stereocenters. The minimum Gasteiger partial charge on any atom is -0.481 e. The summed E-state index contributed by atoms with van der Waals surface area (Å²) < 4.78 is 52.6. The number of carbonyl (C=O) groups excluding carboxylic acids is 2. The smallest absolute Gasteiger partial charge is 0.298 e. The van der Waals surface area contributed by atoms with E-state index in [1.165, 1.54) is 26.4 Å². The van der Waals surface area contributed by atoms with E-state index in [1.54, 1.807) is 4.90 Å². The molecule has 2 saturated carbocycles. The molecule has 5 rings (SSSR count). The van der Waals surface area contributed by atoms with Gasteiger partial charge in [0.05, 0.1) is 19.0 Å². The third kappa shape index (κ3) is 5.28. The van der Waals surface area contributed by atoms with Gasteiger partial charge < -0.3 is 24.8 Å². The van der Waals surface area contributed by atoms with Gasteiger partial charge in [-0.1, -0.05) is 0 Å². The molecule has 0 unspecified atom stereocenters. The maximum Gasteiger partial charge on any atom is 0.298 e. The number of hydrogen-bond donors (Lipinski definition) is 3. The predicted molar refractivity (Wildman–Crippen MR) is 136 cm³/mol. The van der Waals surface area contributed by atoms with Gasteiger partial charge in [0.15, 0.2) is 11.5 Å². The quantitative estimate of drug-likeness (QED) is 0.449. The summed E-state index contributed by atoms with van der Waals surface area (Å²) in [5.41, 5.74) is -1.93. The third-order valence-corrected chi connectivity index (χ3v) is 8.64. The fourth-order valence-electron chi connectivity index (χ4n) is 6.04. The second kappa shape index (κ2) is 10.7. The number of aromatic nitrogens is 3.